The Morgan fingerprint density at radius 3 is 3.00 bits per heavy atom. The molecular weight excluding hydrogens is 256 g/mol. The number of carboxylic acid groups (broad SMARTS) is 1. The summed E-state index contributed by atoms with van der Waals surface area (Å²) in [4.78, 5) is 10.8. The van der Waals surface area contributed by atoms with E-state index in [1.807, 2.05) is 26.0 Å². The Morgan fingerprint density at radius 1 is 1.70 bits per heavy atom. The van der Waals surface area contributed by atoms with E-state index in [1.165, 1.54) is 6.08 Å². The number of rotatable bonds is 6. The fourth-order valence-electron chi connectivity index (χ4n) is 2.63. The first kappa shape index (κ1) is 15.0. The van der Waals surface area contributed by atoms with Crippen molar-refractivity contribution in [2.75, 3.05) is 13.2 Å². The van der Waals surface area contributed by atoms with Gasteiger partial charge in [-0.15, -0.1) is 0 Å². The molecule has 1 aliphatic heterocycles. The van der Waals surface area contributed by atoms with Crippen molar-refractivity contribution >= 4 is 5.97 Å². The van der Waals surface area contributed by atoms with Crippen molar-refractivity contribution in [1.82, 2.24) is 0 Å². The molecule has 1 N–H and O–H groups in total. The normalized spacial score (nSPS) is 34.0. The molecular formula is C16H22O4. The first-order valence-corrected chi connectivity index (χ1v) is 6.94. The van der Waals surface area contributed by atoms with Gasteiger partial charge in [-0.3, -0.25) is 0 Å². The van der Waals surface area contributed by atoms with Gasteiger partial charge in [0.2, 0.25) is 0 Å². The standard InChI is InChI=1S/C16H22O4/c1-11-5-4-8-16(3,14(11)6-7-15(17)18)12(2)19-9-13-10-20-13/h4-8,12-14H,9-10H2,1-3H3,(H,17,18)/t12-,13+,14?,16?/m1/s1. The second kappa shape index (κ2) is 5.94. The molecule has 4 atom stereocenters. The Morgan fingerprint density at radius 2 is 2.40 bits per heavy atom. The molecule has 0 saturated carbocycles. The number of hydrogen-bond acceptors (Lipinski definition) is 3. The monoisotopic (exact) mass is 278 g/mol. The topological polar surface area (TPSA) is 59.1 Å². The number of carbonyl (C=O) groups is 1. The lowest BCUT2D eigenvalue weighted by molar-refractivity contribution is -0.131. The van der Waals surface area contributed by atoms with Gasteiger partial charge in [0.15, 0.2) is 0 Å². The lowest BCUT2D eigenvalue weighted by Crippen LogP contribution is -2.39. The molecule has 0 spiro atoms. The molecule has 2 unspecified atom stereocenters. The number of epoxide rings is 1. The quantitative estimate of drug-likeness (QED) is 0.599. The van der Waals surface area contributed by atoms with Gasteiger partial charge in [0, 0.05) is 17.4 Å². The van der Waals surface area contributed by atoms with Crippen LogP contribution in [0.25, 0.3) is 0 Å². The molecule has 0 amide bonds. The van der Waals surface area contributed by atoms with Gasteiger partial charge >= 0.3 is 5.97 Å². The van der Waals surface area contributed by atoms with Crippen molar-refractivity contribution in [1.29, 1.82) is 0 Å². The van der Waals surface area contributed by atoms with Gasteiger partial charge in [-0.25, -0.2) is 4.79 Å². The highest BCUT2D eigenvalue weighted by atomic mass is 16.6. The van der Waals surface area contributed by atoms with E-state index in [9.17, 15) is 4.79 Å². The van der Waals surface area contributed by atoms with E-state index in [-0.39, 0.29) is 23.5 Å². The van der Waals surface area contributed by atoms with E-state index in [1.54, 1.807) is 6.08 Å². The molecule has 2 rings (SSSR count). The zero-order valence-corrected chi connectivity index (χ0v) is 12.2. The fourth-order valence-corrected chi connectivity index (χ4v) is 2.63. The minimum Gasteiger partial charge on any atom is -0.478 e. The molecule has 1 aliphatic carbocycles. The number of carboxylic acids is 1. The zero-order chi connectivity index (χ0) is 14.8. The molecule has 0 bridgehead atoms. The maximum atomic E-state index is 10.8. The van der Waals surface area contributed by atoms with E-state index >= 15 is 0 Å². The van der Waals surface area contributed by atoms with Gasteiger partial charge in [0.25, 0.3) is 0 Å². The van der Waals surface area contributed by atoms with Crippen molar-refractivity contribution < 1.29 is 19.4 Å². The van der Waals surface area contributed by atoms with Crippen LogP contribution in [0, 0.1) is 11.3 Å². The Hall–Kier alpha value is -1.39. The van der Waals surface area contributed by atoms with Crippen molar-refractivity contribution in [3.63, 3.8) is 0 Å². The van der Waals surface area contributed by atoms with Gasteiger partial charge in [-0.2, -0.15) is 0 Å². The molecule has 0 aromatic heterocycles. The lowest BCUT2D eigenvalue weighted by Gasteiger charge is -2.41. The first-order chi connectivity index (χ1) is 9.43. The zero-order valence-electron chi connectivity index (χ0n) is 12.2. The summed E-state index contributed by atoms with van der Waals surface area (Å²) in [5.74, 6) is -0.895. The average molecular weight is 278 g/mol. The summed E-state index contributed by atoms with van der Waals surface area (Å²) in [7, 11) is 0. The summed E-state index contributed by atoms with van der Waals surface area (Å²) in [5, 5.41) is 8.85. The van der Waals surface area contributed by atoms with Crippen LogP contribution in [0.5, 0.6) is 0 Å². The number of allylic oxidation sites excluding steroid dienone is 4. The van der Waals surface area contributed by atoms with Crippen LogP contribution in [-0.4, -0.2) is 36.5 Å². The molecule has 1 heterocycles. The molecule has 110 valence electrons. The molecule has 2 aliphatic rings. The van der Waals surface area contributed by atoms with Gasteiger partial charge < -0.3 is 14.6 Å². The van der Waals surface area contributed by atoms with Gasteiger partial charge in [0.1, 0.15) is 6.10 Å². The molecule has 1 saturated heterocycles. The van der Waals surface area contributed by atoms with Crippen LogP contribution in [0.2, 0.25) is 0 Å². The fraction of sp³-hybridized carbons (Fsp3) is 0.562. The van der Waals surface area contributed by atoms with E-state index in [2.05, 4.69) is 13.0 Å². The van der Waals surface area contributed by atoms with E-state index < -0.39 is 5.97 Å². The van der Waals surface area contributed by atoms with Crippen LogP contribution in [0.1, 0.15) is 20.8 Å². The van der Waals surface area contributed by atoms with Gasteiger partial charge in [-0.05, 0) is 13.8 Å². The van der Waals surface area contributed by atoms with Crippen LogP contribution in [0.4, 0.5) is 0 Å². The Balaban J connectivity index is 2.13. The van der Waals surface area contributed by atoms with Crippen LogP contribution in [0.15, 0.2) is 36.0 Å². The summed E-state index contributed by atoms with van der Waals surface area (Å²) in [5.41, 5.74) is 0.894. The summed E-state index contributed by atoms with van der Waals surface area (Å²) < 4.78 is 11.1. The predicted molar refractivity (Wildman–Crippen MR) is 76.4 cm³/mol. The summed E-state index contributed by atoms with van der Waals surface area (Å²) in [6.45, 7) is 7.54. The summed E-state index contributed by atoms with van der Waals surface area (Å²) >= 11 is 0. The van der Waals surface area contributed by atoms with Gasteiger partial charge in [-0.1, -0.05) is 36.8 Å². The van der Waals surface area contributed by atoms with Crippen molar-refractivity contribution in [3.8, 4) is 0 Å². The number of ether oxygens (including phenoxy) is 2. The highest BCUT2D eigenvalue weighted by molar-refractivity contribution is 5.79. The Bertz CT molecular complexity index is 459. The van der Waals surface area contributed by atoms with Crippen LogP contribution in [-0.2, 0) is 14.3 Å². The van der Waals surface area contributed by atoms with Crippen LogP contribution < -0.4 is 0 Å². The maximum absolute atomic E-state index is 10.8. The molecule has 0 aromatic rings. The highest BCUT2D eigenvalue weighted by Gasteiger charge is 2.39. The van der Waals surface area contributed by atoms with Crippen molar-refractivity contribution in [2.45, 2.75) is 33.0 Å². The Labute approximate surface area is 119 Å². The lowest BCUT2D eigenvalue weighted by atomic mass is 9.67. The minimum absolute atomic E-state index is 0.0185. The average Bonchev–Trinajstić information content (AvgIpc) is 3.19. The molecule has 20 heavy (non-hydrogen) atoms. The molecule has 0 radical (unpaired) electrons. The molecule has 1 fully saturated rings. The summed E-state index contributed by atoms with van der Waals surface area (Å²) in [6, 6.07) is 0. The second-order valence-corrected chi connectivity index (χ2v) is 5.74. The van der Waals surface area contributed by atoms with Gasteiger partial charge in [0.05, 0.1) is 19.3 Å². The third kappa shape index (κ3) is 3.38. The number of aliphatic carboxylic acids is 1. The Kier molecular flexibility index (Phi) is 4.45. The van der Waals surface area contributed by atoms with Crippen LogP contribution in [0.3, 0.4) is 0 Å². The SMILES string of the molecule is CC1=CC=CC(C)([C@@H](C)OC[C@H]2CO2)C1C=CC(=O)O. The first-order valence-electron chi connectivity index (χ1n) is 6.94. The molecule has 4 nitrogen and oxygen atoms in total. The predicted octanol–water partition coefficient (Wildman–Crippen LogP) is 2.57. The number of hydrogen-bond donors (Lipinski definition) is 1. The van der Waals surface area contributed by atoms with E-state index in [0.717, 1.165) is 12.2 Å². The highest BCUT2D eigenvalue weighted by Crippen LogP contribution is 2.42. The maximum Gasteiger partial charge on any atom is 0.327 e. The largest absolute Gasteiger partial charge is 0.478 e. The third-order valence-corrected chi connectivity index (χ3v) is 4.22. The second-order valence-electron chi connectivity index (χ2n) is 5.74. The van der Waals surface area contributed by atoms with Crippen molar-refractivity contribution in [2.24, 2.45) is 11.3 Å². The third-order valence-electron chi connectivity index (χ3n) is 4.22. The smallest absolute Gasteiger partial charge is 0.327 e. The molecule has 0 aromatic carbocycles. The summed E-state index contributed by atoms with van der Waals surface area (Å²) in [6.07, 6.45) is 9.34. The van der Waals surface area contributed by atoms with Crippen LogP contribution >= 0.6 is 0 Å². The van der Waals surface area contributed by atoms with Crippen molar-refractivity contribution in [3.05, 3.63) is 36.0 Å². The minimum atomic E-state index is -0.922. The van der Waals surface area contributed by atoms with E-state index in [4.69, 9.17) is 14.6 Å². The molecule has 4 heteroatoms. The van der Waals surface area contributed by atoms with E-state index in [0.29, 0.717) is 6.61 Å².